The van der Waals surface area contributed by atoms with Crippen molar-refractivity contribution in [1.82, 2.24) is 19.9 Å². The van der Waals surface area contributed by atoms with Crippen LogP contribution < -0.4 is 0 Å². The van der Waals surface area contributed by atoms with Crippen LogP contribution in [0.25, 0.3) is 99.1 Å². The summed E-state index contributed by atoms with van der Waals surface area (Å²) in [5.74, 6) is 0. The number of hydrogen-bond donors (Lipinski definition) is 0. The Morgan fingerprint density at radius 1 is 0.489 bits per heavy atom. The number of nitrogens with zero attached hydrogens (tertiary/aromatic N) is 4. The van der Waals surface area contributed by atoms with Crippen LogP contribution in [-0.4, -0.2) is 19.9 Å². The van der Waals surface area contributed by atoms with Gasteiger partial charge in [0.1, 0.15) is 11.2 Å². The molecular weight excluding hydrogens is 576 g/mol. The number of fused-ring (bicyclic) bond motifs is 10. The summed E-state index contributed by atoms with van der Waals surface area (Å²) < 4.78 is 6.51. The van der Waals surface area contributed by atoms with Crippen molar-refractivity contribution in [2.45, 2.75) is 0 Å². The molecule has 0 radical (unpaired) electrons. The highest BCUT2D eigenvalue weighted by Gasteiger charge is 2.18. The molecular formula is C42H24N4O. The van der Waals surface area contributed by atoms with Gasteiger partial charge >= 0.3 is 0 Å². The summed E-state index contributed by atoms with van der Waals surface area (Å²) in [6, 6.07) is 43.9. The molecule has 0 aliphatic heterocycles. The van der Waals surface area contributed by atoms with Gasteiger partial charge in [-0.1, -0.05) is 78.9 Å². The van der Waals surface area contributed by atoms with Gasteiger partial charge in [0.05, 0.1) is 27.9 Å². The maximum atomic E-state index is 6.51. The summed E-state index contributed by atoms with van der Waals surface area (Å²) in [5.41, 5.74) is 10.5. The maximum Gasteiger partial charge on any atom is 0.144 e. The molecule has 0 aliphatic rings. The van der Waals surface area contributed by atoms with Crippen LogP contribution in [0.15, 0.2) is 150 Å². The highest BCUT2D eigenvalue weighted by atomic mass is 16.3. The third-order valence-corrected chi connectivity index (χ3v) is 9.18. The van der Waals surface area contributed by atoms with Gasteiger partial charge in [0.2, 0.25) is 0 Å². The summed E-state index contributed by atoms with van der Waals surface area (Å²) in [4.78, 5) is 19.4. The van der Waals surface area contributed by atoms with Crippen molar-refractivity contribution in [3.63, 3.8) is 0 Å². The second-order valence-corrected chi connectivity index (χ2v) is 11.9. The summed E-state index contributed by atoms with van der Waals surface area (Å²) in [7, 11) is 0. The lowest BCUT2D eigenvalue weighted by molar-refractivity contribution is 0.673. The van der Waals surface area contributed by atoms with Crippen LogP contribution in [0.2, 0.25) is 0 Å². The molecule has 5 heterocycles. The van der Waals surface area contributed by atoms with Crippen molar-refractivity contribution in [3.8, 4) is 33.6 Å². The first-order valence-electron chi connectivity index (χ1n) is 15.6. The molecule has 0 unspecified atom stereocenters. The highest BCUT2D eigenvalue weighted by Crippen LogP contribution is 2.41. The molecule has 5 heteroatoms. The number of pyridine rings is 4. The minimum absolute atomic E-state index is 0.884. The molecule has 10 rings (SSSR count). The number of para-hydroxylation sites is 2. The molecule has 5 aromatic heterocycles. The van der Waals surface area contributed by atoms with Gasteiger partial charge in [0, 0.05) is 73.0 Å². The van der Waals surface area contributed by atoms with E-state index in [4.69, 9.17) is 14.4 Å². The van der Waals surface area contributed by atoms with E-state index in [1.54, 1.807) is 0 Å². The first kappa shape index (κ1) is 25.8. The Bertz CT molecular complexity index is 2850. The lowest BCUT2D eigenvalue weighted by Crippen LogP contribution is -1.92. The molecule has 0 amide bonds. The predicted molar refractivity (Wildman–Crippen MR) is 191 cm³/mol. The van der Waals surface area contributed by atoms with Gasteiger partial charge in [-0.05, 0) is 54.1 Å². The van der Waals surface area contributed by atoms with Crippen LogP contribution in [0.4, 0.5) is 0 Å². The zero-order valence-electron chi connectivity index (χ0n) is 25.1. The minimum atomic E-state index is 0.884. The van der Waals surface area contributed by atoms with Crippen LogP contribution in [-0.2, 0) is 0 Å². The zero-order valence-corrected chi connectivity index (χ0v) is 25.1. The summed E-state index contributed by atoms with van der Waals surface area (Å²) in [6.07, 6.45) is 5.58. The standard InChI is InChI=1S/C42H24N4O/c1-3-14-36-32(12-1)38-33(18-17-31-29-11-2-4-15-37(29)47-42(31)38)39(46-36)26-9-5-8-25(22-26)28-16-19-35(45-24-28)34-23-27-10-6-20-43-40(27)41-30(34)13-7-21-44-41/h1-24H. The Kier molecular flexibility index (Phi) is 5.51. The minimum Gasteiger partial charge on any atom is -0.455 e. The van der Waals surface area contributed by atoms with Gasteiger partial charge in [-0.3, -0.25) is 15.0 Å². The summed E-state index contributed by atoms with van der Waals surface area (Å²) >= 11 is 0. The fraction of sp³-hybridized carbons (Fsp3) is 0. The fourth-order valence-electron chi connectivity index (χ4n) is 7.00. The fourth-order valence-corrected chi connectivity index (χ4v) is 7.00. The van der Waals surface area contributed by atoms with Crippen molar-refractivity contribution in [1.29, 1.82) is 0 Å². The van der Waals surface area contributed by atoms with Crippen LogP contribution >= 0.6 is 0 Å². The topological polar surface area (TPSA) is 64.7 Å². The second-order valence-electron chi connectivity index (χ2n) is 11.9. The molecule has 10 aromatic rings. The SMILES string of the molecule is c1cc(-c2ccc(-c3cc4cccnc4c4ncccc34)nc2)cc(-c2nc3ccccc3c3c2ccc2c4ccccc4oc23)c1. The maximum absolute atomic E-state index is 6.51. The quantitative estimate of drug-likeness (QED) is 0.189. The number of hydrogen-bond acceptors (Lipinski definition) is 5. The molecule has 0 saturated heterocycles. The van der Waals surface area contributed by atoms with Crippen molar-refractivity contribution in [3.05, 3.63) is 146 Å². The molecule has 47 heavy (non-hydrogen) atoms. The number of benzene rings is 5. The van der Waals surface area contributed by atoms with Crippen LogP contribution in [0, 0.1) is 0 Å². The van der Waals surface area contributed by atoms with Gasteiger partial charge in [-0.25, -0.2) is 4.98 Å². The van der Waals surface area contributed by atoms with E-state index in [0.29, 0.717) is 0 Å². The summed E-state index contributed by atoms with van der Waals surface area (Å²) in [6.45, 7) is 0. The highest BCUT2D eigenvalue weighted by molar-refractivity contribution is 6.24. The smallest absolute Gasteiger partial charge is 0.144 e. The van der Waals surface area contributed by atoms with Gasteiger partial charge < -0.3 is 4.42 Å². The van der Waals surface area contributed by atoms with Gasteiger partial charge in [0.15, 0.2) is 0 Å². The lowest BCUT2D eigenvalue weighted by atomic mass is 9.96. The Morgan fingerprint density at radius 2 is 1.28 bits per heavy atom. The van der Waals surface area contributed by atoms with Gasteiger partial charge in [-0.2, -0.15) is 0 Å². The number of furan rings is 1. The number of rotatable bonds is 3. The van der Waals surface area contributed by atoms with E-state index in [-0.39, 0.29) is 0 Å². The van der Waals surface area contributed by atoms with E-state index < -0.39 is 0 Å². The Balaban J connectivity index is 1.12. The van der Waals surface area contributed by atoms with E-state index in [0.717, 1.165) is 99.1 Å². The molecule has 0 spiro atoms. The third kappa shape index (κ3) is 3.97. The van der Waals surface area contributed by atoms with E-state index in [2.05, 4.69) is 107 Å². The molecule has 0 aliphatic carbocycles. The van der Waals surface area contributed by atoms with Gasteiger partial charge in [-0.15, -0.1) is 0 Å². The zero-order chi connectivity index (χ0) is 30.9. The van der Waals surface area contributed by atoms with E-state index in [1.165, 1.54) is 0 Å². The molecule has 218 valence electrons. The normalized spacial score (nSPS) is 11.8. The lowest BCUT2D eigenvalue weighted by Gasteiger charge is -2.12. The van der Waals surface area contributed by atoms with Crippen molar-refractivity contribution >= 4 is 65.4 Å². The van der Waals surface area contributed by atoms with Crippen molar-refractivity contribution < 1.29 is 4.42 Å². The molecule has 0 atom stereocenters. The van der Waals surface area contributed by atoms with E-state index in [9.17, 15) is 0 Å². The van der Waals surface area contributed by atoms with Crippen LogP contribution in [0.1, 0.15) is 0 Å². The molecule has 0 fully saturated rings. The predicted octanol–water partition coefficient (Wildman–Crippen LogP) is 10.8. The largest absolute Gasteiger partial charge is 0.455 e. The Morgan fingerprint density at radius 3 is 2.19 bits per heavy atom. The average molecular weight is 601 g/mol. The third-order valence-electron chi connectivity index (χ3n) is 9.18. The first-order valence-corrected chi connectivity index (χ1v) is 15.6. The molecule has 0 bridgehead atoms. The van der Waals surface area contributed by atoms with Gasteiger partial charge in [0.25, 0.3) is 0 Å². The van der Waals surface area contributed by atoms with Crippen LogP contribution in [0.3, 0.4) is 0 Å². The van der Waals surface area contributed by atoms with Crippen molar-refractivity contribution in [2.24, 2.45) is 0 Å². The molecule has 5 nitrogen and oxygen atoms in total. The number of aromatic nitrogens is 4. The first-order chi connectivity index (χ1) is 23.3. The second kappa shape index (κ2) is 10.0. The monoisotopic (exact) mass is 600 g/mol. The van der Waals surface area contributed by atoms with E-state index >= 15 is 0 Å². The Labute approximate surface area is 268 Å². The van der Waals surface area contributed by atoms with Crippen molar-refractivity contribution in [2.75, 3.05) is 0 Å². The Hall–Kier alpha value is -6.46. The van der Waals surface area contributed by atoms with E-state index in [1.807, 2.05) is 48.9 Å². The summed E-state index contributed by atoms with van der Waals surface area (Å²) in [5, 5.41) is 7.54. The molecule has 0 saturated carbocycles. The molecule has 5 aromatic carbocycles. The van der Waals surface area contributed by atoms with Crippen LogP contribution in [0.5, 0.6) is 0 Å². The average Bonchev–Trinajstić information content (AvgIpc) is 3.53. The molecule has 0 N–H and O–H groups in total.